The molecule has 0 fully saturated rings. The summed E-state index contributed by atoms with van der Waals surface area (Å²) in [6.45, 7) is -0.462. The Kier molecular flexibility index (Phi) is 3.68. The zero-order valence-electron chi connectivity index (χ0n) is 18.1. The molecule has 0 radical (unpaired) electrons. The molecule has 6 nitrogen and oxygen atoms in total. The molecule has 28 heavy (non-hydrogen) atoms. The number of nitrogens with zero attached hydrogens (tertiary/aromatic N) is 2. The molecule has 0 aliphatic carbocycles. The van der Waals surface area contributed by atoms with Gasteiger partial charge in [0.05, 0.1) is 12.2 Å². The summed E-state index contributed by atoms with van der Waals surface area (Å²) in [6, 6.07) is 13.9. The predicted molar refractivity (Wildman–Crippen MR) is 107 cm³/mol. The molecule has 2 aromatic carbocycles. The average molecular weight is 376 g/mol. The van der Waals surface area contributed by atoms with Gasteiger partial charge in [0.2, 0.25) is 0 Å². The number of aromatic nitrogens is 2. The summed E-state index contributed by atoms with van der Waals surface area (Å²) >= 11 is 0. The van der Waals surface area contributed by atoms with Gasteiger partial charge in [-0.3, -0.25) is 9.59 Å². The Morgan fingerprint density at radius 2 is 2.14 bits per heavy atom. The SMILES string of the molecule is [2H]C([2H])([2H])NC(=O)c1cccc(Cn2ccc3cc(-c4conc4C)ccc3c2=O)c1. The standard InChI is InChI=1S/C22H19N3O3/c1-14-20(13-28-24-14)16-6-7-19-17(11-16)8-9-25(22(19)27)12-15-4-3-5-18(10-15)21(26)23-2/h3-11,13H,12H2,1-2H3,(H,23,26)/i2D3. The van der Waals surface area contributed by atoms with E-state index >= 15 is 0 Å². The third-order valence-electron chi connectivity index (χ3n) is 4.69. The average Bonchev–Trinajstić information content (AvgIpc) is 3.15. The number of hydrogen-bond donors (Lipinski definition) is 1. The molecular formula is C22H19N3O3. The number of pyridine rings is 1. The summed E-state index contributed by atoms with van der Waals surface area (Å²) in [5.74, 6) is -0.690. The first kappa shape index (κ1) is 14.4. The lowest BCUT2D eigenvalue weighted by molar-refractivity contribution is 0.0963. The smallest absolute Gasteiger partial charge is 0.258 e. The molecule has 0 atom stereocenters. The van der Waals surface area contributed by atoms with E-state index in [1.807, 2.05) is 30.4 Å². The van der Waals surface area contributed by atoms with Crippen LogP contribution in [0.25, 0.3) is 21.9 Å². The van der Waals surface area contributed by atoms with Crippen LogP contribution in [0.3, 0.4) is 0 Å². The van der Waals surface area contributed by atoms with Crippen molar-refractivity contribution in [2.75, 3.05) is 6.98 Å². The Morgan fingerprint density at radius 1 is 1.25 bits per heavy atom. The van der Waals surface area contributed by atoms with Crippen LogP contribution < -0.4 is 10.9 Å². The van der Waals surface area contributed by atoms with Crippen molar-refractivity contribution < 1.29 is 13.4 Å². The van der Waals surface area contributed by atoms with E-state index in [0.717, 1.165) is 22.2 Å². The molecule has 0 saturated heterocycles. The molecule has 4 aromatic rings. The second-order valence-corrected chi connectivity index (χ2v) is 6.52. The van der Waals surface area contributed by atoms with Crippen molar-refractivity contribution in [1.29, 1.82) is 0 Å². The maximum absolute atomic E-state index is 13.0. The van der Waals surface area contributed by atoms with Gasteiger partial charge in [0.15, 0.2) is 0 Å². The molecule has 2 aromatic heterocycles. The Balaban J connectivity index is 1.63. The molecule has 0 saturated carbocycles. The first-order chi connectivity index (χ1) is 14.7. The second-order valence-electron chi connectivity index (χ2n) is 6.52. The van der Waals surface area contributed by atoms with Crippen LogP contribution in [0.5, 0.6) is 0 Å². The molecule has 2 heterocycles. The third-order valence-corrected chi connectivity index (χ3v) is 4.69. The summed E-state index contributed by atoms with van der Waals surface area (Å²) in [6.07, 6.45) is 3.27. The normalized spacial score (nSPS) is 13.0. The van der Waals surface area contributed by atoms with Crippen LogP contribution >= 0.6 is 0 Å². The summed E-state index contributed by atoms with van der Waals surface area (Å²) < 4.78 is 28.1. The van der Waals surface area contributed by atoms with Crippen molar-refractivity contribution >= 4 is 16.7 Å². The van der Waals surface area contributed by atoms with Gasteiger partial charge in [0.1, 0.15) is 6.26 Å². The second kappa shape index (κ2) is 7.15. The van der Waals surface area contributed by atoms with Gasteiger partial charge in [-0.1, -0.05) is 23.4 Å². The van der Waals surface area contributed by atoms with Gasteiger partial charge in [0, 0.05) is 33.8 Å². The van der Waals surface area contributed by atoms with Crippen LogP contribution in [-0.2, 0) is 6.54 Å². The zero-order valence-corrected chi connectivity index (χ0v) is 15.1. The van der Waals surface area contributed by atoms with Crippen molar-refractivity contribution in [3.05, 3.63) is 88.2 Å². The lowest BCUT2D eigenvalue weighted by atomic mass is 10.0. The molecule has 4 rings (SSSR count). The topological polar surface area (TPSA) is 77.1 Å². The van der Waals surface area contributed by atoms with E-state index in [1.165, 1.54) is 6.07 Å². The number of carbonyl (C=O) groups excluding carboxylic acids is 1. The van der Waals surface area contributed by atoms with Gasteiger partial charge < -0.3 is 14.4 Å². The molecular weight excluding hydrogens is 354 g/mol. The fourth-order valence-corrected chi connectivity index (χ4v) is 3.23. The van der Waals surface area contributed by atoms with Gasteiger partial charge in [-0.15, -0.1) is 0 Å². The molecule has 1 N–H and O–H groups in total. The van der Waals surface area contributed by atoms with Crippen molar-refractivity contribution in [3.8, 4) is 11.1 Å². The number of fused-ring (bicyclic) bond motifs is 1. The van der Waals surface area contributed by atoms with Crippen molar-refractivity contribution in [3.63, 3.8) is 0 Å². The fraction of sp³-hybridized carbons (Fsp3) is 0.136. The van der Waals surface area contributed by atoms with Crippen molar-refractivity contribution in [2.45, 2.75) is 13.5 Å². The molecule has 140 valence electrons. The number of aryl methyl sites for hydroxylation is 1. The first-order valence-corrected chi connectivity index (χ1v) is 8.67. The van der Waals surface area contributed by atoms with Gasteiger partial charge in [-0.2, -0.15) is 0 Å². The molecule has 1 amide bonds. The Labute approximate surface area is 165 Å². The summed E-state index contributed by atoms with van der Waals surface area (Å²) in [7, 11) is 0. The molecule has 0 unspecified atom stereocenters. The maximum Gasteiger partial charge on any atom is 0.258 e. The van der Waals surface area contributed by atoms with Crippen LogP contribution in [0.4, 0.5) is 0 Å². The Hall–Kier alpha value is -3.67. The van der Waals surface area contributed by atoms with Gasteiger partial charge >= 0.3 is 0 Å². The van der Waals surface area contributed by atoms with Crippen molar-refractivity contribution in [2.24, 2.45) is 0 Å². The third kappa shape index (κ3) is 3.20. The van der Waals surface area contributed by atoms with Gasteiger partial charge in [0.25, 0.3) is 11.5 Å². The summed E-state index contributed by atoms with van der Waals surface area (Å²) in [5, 5.41) is 7.22. The van der Waals surface area contributed by atoms with Gasteiger partial charge in [-0.05, 0) is 53.8 Å². The minimum atomic E-state index is -2.56. The first-order valence-electron chi connectivity index (χ1n) is 10.2. The van der Waals surface area contributed by atoms with Crippen molar-refractivity contribution in [1.82, 2.24) is 15.0 Å². The van der Waals surface area contributed by atoms with Crippen LogP contribution in [0, 0.1) is 6.92 Å². The van der Waals surface area contributed by atoms with E-state index in [-0.39, 0.29) is 17.7 Å². The van der Waals surface area contributed by atoms with Crippen LogP contribution in [-0.4, -0.2) is 22.6 Å². The van der Waals surface area contributed by atoms with E-state index in [0.29, 0.717) is 10.9 Å². The lowest BCUT2D eigenvalue weighted by Crippen LogP contribution is -2.21. The lowest BCUT2D eigenvalue weighted by Gasteiger charge is -2.09. The fourth-order valence-electron chi connectivity index (χ4n) is 3.23. The Bertz CT molecular complexity index is 1340. The quantitative estimate of drug-likeness (QED) is 0.592. The number of nitrogens with one attached hydrogen (secondary N) is 1. The number of carbonyl (C=O) groups is 1. The summed E-state index contributed by atoms with van der Waals surface area (Å²) in [4.78, 5) is 25.1. The molecule has 0 bridgehead atoms. The zero-order chi connectivity index (χ0) is 22.2. The van der Waals surface area contributed by atoms with Crippen LogP contribution in [0.1, 0.15) is 25.7 Å². The molecule has 6 heteroatoms. The highest BCUT2D eigenvalue weighted by atomic mass is 16.5. The van der Waals surface area contributed by atoms with Gasteiger partial charge in [-0.25, -0.2) is 0 Å². The maximum atomic E-state index is 13.0. The van der Waals surface area contributed by atoms with E-state index in [4.69, 9.17) is 8.64 Å². The number of benzene rings is 2. The van der Waals surface area contributed by atoms with E-state index in [1.54, 1.807) is 41.3 Å². The highest BCUT2D eigenvalue weighted by molar-refractivity contribution is 5.94. The number of hydrogen-bond acceptors (Lipinski definition) is 4. The molecule has 0 spiro atoms. The monoisotopic (exact) mass is 376 g/mol. The Morgan fingerprint density at radius 3 is 2.93 bits per heavy atom. The highest BCUT2D eigenvalue weighted by Gasteiger charge is 2.10. The highest BCUT2D eigenvalue weighted by Crippen LogP contribution is 2.25. The van der Waals surface area contributed by atoms with E-state index < -0.39 is 12.9 Å². The summed E-state index contributed by atoms with van der Waals surface area (Å²) in [5.41, 5.74) is 3.32. The largest absolute Gasteiger partial charge is 0.364 e. The predicted octanol–water partition coefficient (Wildman–Crippen LogP) is 3.37. The molecule has 0 aliphatic heterocycles. The number of amides is 1. The van der Waals surface area contributed by atoms with E-state index in [9.17, 15) is 9.59 Å². The molecule has 0 aliphatic rings. The minimum absolute atomic E-state index is 0.163. The van der Waals surface area contributed by atoms with Crippen LogP contribution in [0.2, 0.25) is 0 Å². The van der Waals surface area contributed by atoms with Crippen LogP contribution in [0.15, 0.2) is 70.3 Å². The van der Waals surface area contributed by atoms with E-state index in [2.05, 4.69) is 5.16 Å². The number of rotatable bonds is 4. The minimum Gasteiger partial charge on any atom is -0.364 e.